The molecular formula is C20H21N3OS. The van der Waals surface area contributed by atoms with Gasteiger partial charge >= 0.3 is 0 Å². The molecule has 128 valence electrons. The van der Waals surface area contributed by atoms with Gasteiger partial charge in [-0.3, -0.25) is 9.36 Å². The number of carbonyl (C=O) groups is 1. The Morgan fingerprint density at radius 3 is 2.48 bits per heavy atom. The molecule has 5 heteroatoms. The molecular weight excluding hydrogens is 330 g/mol. The summed E-state index contributed by atoms with van der Waals surface area (Å²) in [4.78, 5) is 12.6. The Hall–Kier alpha value is -2.40. The second-order valence-corrected chi connectivity index (χ2v) is 7.25. The van der Waals surface area contributed by atoms with Crippen LogP contribution in [0.25, 0.3) is 5.69 Å². The van der Waals surface area contributed by atoms with Crippen molar-refractivity contribution in [2.24, 2.45) is 0 Å². The third-order valence-electron chi connectivity index (χ3n) is 4.15. The molecule has 0 bridgehead atoms. The first-order valence-corrected chi connectivity index (χ1v) is 9.15. The summed E-state index contributed by atoms with van der Waals surface area (Å²) in [7, 11) is 0. The first kappa shape index (κ1) is 17.4. The number of nitrogens with zero attached hydrogens (tertiary/aromatic N) is 3. The molecule has 25 heavy (non-hydrogen) atoms. The highest BCUT2D eigenvalue weighted by Crippen LogP contribution is 2.24. The van der Waals surface area contributed by atoms with Crippen LogP contribution in [0.3, 0.4) is 0 Å². The Balaban J connectivity index is 1.80. The lowest BCUT2D eigenvalue weighted by Crippen LogP contribution is -2.07. The van der Waals surface area contributed by atoms with Gasteiger partial charge < -0.3 is 0 Å². The average molecular weight is 351 g/mol. The van der Waals surface area contributed by atoms with E-state index >= 15 is 0 Å². The van der Waals surface area contributed by atoms with Gasteiger partial charge in [0.15, 0.2) is 10.9 Å². The van der Waals surface area contributed by atoms with Crippen molar-refractivity contribution in [1.29, 1.82) is 0 Å². The van der Waals surface area contributed by atoms with E-state index in [1.54, 1.807) is 6.33 Å². The van der Waals surface area contributed by atoms with Gasteiger partial charge in [0, 0.05) is 5.56 Å². The van der Waals surface area contributed by atoms with Crippen molar-refractivity contribution in [2.45, 2.75) is 32.9 Å². The van der Waals surface area contributed by atoms with E-state index in [4.69, 9.17) is 0 Å². The molecule has 3 aromatic rings. The second-order valence-electron chi connectivity index (χ2n) is 6.30. The average Bonchev–Trinajstić information content (AvgIpc) is 3.03. The zero-order valence-electron chi connectivity index (χ0n) is 14.9. The highest BCUT2D eigenvalue weighted by molar-refractivity contribution is 7.99. The van der Waals surface area contributed by atoms with E-state index in [1.807, 2.05) is 36.6 Å². The quantitative estimate of drug-likeness (QED) is 0.502. The van der Waals surface area contributed by atoms with Gasteiger partial charge in [-0.1, -0.05) is 47.2 Å². The number of aromatic nitrogens is 3. The van der Waals surface area contributed by atoms with E-state index in [-0.39, 0.29) is 5.78 Å². The van der Waals surface area contributed by atoms with E-state index in [2.05, 4.69) is 42.2 Å². The van der Waals surface area contributed by atoms with Crippen molar-refractivity contribution in [3.05, 3.63) is 70.5 Å². The van der Waals surface area contributed by atoms with Crippen molar-refractivity contribution in [2.75, 3.05) is 5.75 Å². The third kappa shape index (κ3) is 3.82. The first-order chi connectivity index (χ1) is 12.0. The Kier molecular flexibility index (Phi) is 5.04. The monoisotopic (exact) mass is 351 g/mol. The van der Waals surface area contributed by atoms with Crippen LogP contribution in [0.5, 0.6) is 0 Å². The molecule has 0 aliphatic heterocycles. The predicted molar refractivity (Wildman–Crippen MR) is 102 cm³/mol. The van der Waals surface area contributed by atoms with E-state index in [0.29, 0.717) is 5.75 Å². The summed E-state index contributed by atoms with van der Waals surface area (Å²) >= 11 is 1.42. The van der Waals surface area contributed by atoms with Gasteiger partial charge in [0.25, 0.3) is 0 Å². The minimum Gasteiger partial charge on any atom is -0.293 e. The molecule has 0 N–H and O–H groups in total. The van der Waals surface area contributed by atoms with Crippen LogP contribution in [0.4, 0.5) is 0 Å². The highest BCUT2D eigenvalue weighted by Gasteiger charge is 2.14. The molecule has 0 fully saturated rings. The molecule has 0 aliphatic carbocycles. The SMILES string of the molecule is Cc1ccc(-n2cnnc2SCC(=O)c2cc(C)ccc2C)c(C)c1. The van der Waals surface area contributed by atoms with Gasteiger partial charge in [0.2, 0.25) is 0 Å². The number of aryl methyl sites for hydroxylation is 4. The van der Waals surface area contributed by atoms with Crippen molar-refractivity contribution >= 4 is 17.5 Å². The van der Waals surface area contributed by atoms with Crippen LogP contribution in [0.2, 0.25) is 0 Å². The molecule has 0 aliphatic rings. The van der Waals surface area contributed by atoms with E-state index < -0.39 is 0 Å². The van der Waals surface area contributed by atoms with Crippen LogP contribution in [-0.2, 0) is 0 Å². The highest BCUT2D eigenvalue weighted by atomic mass is 32.2. The summed E-state index contributed by atoms with van der Waals surface area (Å²) in [6.45, 7) is 8.11. The van der Waals surface area contributed by atoms with Crippen LogP contribution in [-0.4, -0.2) is 26.3 Å². The van der Waals surface area contributed by atoms with Gasteiger partial charge in [-0.15, -0.1) is 10.2 Å². The summed E-state index contributed by atoms with van der Waals surface area (Å²) in [5, 5.41) is 8.94. The van der Waals surface area contributed by atoms with E-state index in [9.17, 15) is 4.79 Å². The first-order valence-electron chi connectivity index (χ1n) is 8.16. The Bertz CT molecular complexity index is 930. The molecule has 0 spiro atoms. The number of carbonyl (C=O) groups excluding carboxylic acids is 1. The van der Waals surface area contributed by atoms with Crippen LogP contribution >= 0.6 is 11.8 Å². The molecule has 0 saturated heterocycles. The minimum atomic E-state index is 0.112. The third-order valence-corrected chi connectivity index (χ3v) is 5.10. The predicted octanol–water partition coefficient (Wildman–Crippen LogP) is 4.48. The van der Waals surface area contributed by atoms with Gasteiger partial charge in [0.1, 0.15) is 6.33 Å². The van der Waals surface area contributed by atoms with Gasteiger partial charge in [-0.2, -0.15) is 0 Å². The lowest BCUT2D eigenvalue weighted by Gasteiger charge is -2.10. The molecule has 0 amide bonds. The van der Waals surface area contributed by atoms with Crippen LogP contribution < -0.4 is 0 Å². The van der Waals surface area contributed by atoms with Crippen LogP contribution in [0.15, 0.2) is 47.9 Å². The fourth-order valence-electron chi connectivity index (χ4n) is 2.81. The summed E-state index contributed by atoms with van der Waals surface area (Å²) < 4.78 is 1.94. The lowest BCUT2D eigenvalue weighted by atomic mass is 10.0. The number of benzene rings is 2. The molecule has 4 nitrogen and oxygen atoms in total. The summed E-state index contributed by atoms with van der Waals surface area (Å²) in [6, 6.07) is 12.2. The Morgan fingerprint density at radius 2 is 1.72 bits per heavy atom. The van der Waals surface area contributed by atoms with Gasteiger partial charge in [0.05, 0.1) is 11.4 Å². The number of hydrogen-bond donors (Lipinski definition) is 0. The topological polar surface area (TPSA) is 47.8 Å². The molecule has 0 unspecified atom stereocenters. The molecule has 0 atom stereocenters. The number of ketones is 1. The standard InChI is InChI=1S/C20H21N3OS/c1-13-6-8-18(16(4)9-13)23-12-21-22-20(23)25-11-19(24)17-10-14(2)5-7-15(17)3/h5-10,12H,11H2,1-4H3. The van der Waals surface area contributed by atoms with Gasteiger partial charge in [-0.25, -0.2) is 0 Å². The maximum atomic E-state index is 12.6. The maximum absolute atomic E-state index is 12.6. The largest absolute Gasteiger partial charge is 0.293 e. The molecule has 1 aromatic heterocycles. The zero-order valence-corrected chi connectivity index (χ0v) is 15.7. The molecule has 3 rings (SSSR count). The normalized spacial score (nSPS) is 10.9. The lowest BCUT2D eigenvalue weighted by molar-refractivity contribution is 0.102. The van der Waals surface area contributed by atoms with E-state index in [1.165, 1.54) is 17.3 Å². The van der Waals surface area contributed by atoms with Crippen molar-refractivity contribution < 1.29 is 4.79 Å². The molecule has 2 aromatic carbocycles. The smallest absolute Gasteiger partial charge is 0.196 e. The fraction of sp³-hybridized carbons (Fsp3) is 0.250. The molecule has 1 heterocycles. The Morgan fingerprint density at radius 1 is 1.00 bits per heavy atom. The Labute approximate surface area is 152 Å². The summed E-state index contributed by atoms with van der Waals surface area (Å²) in [5.41, 5.74) is 6.29. The number of rotatable bonds is 5. The fourth-order valence-corrected chi connectivity index (χ4v) is 3.61. The number of hydrogen-bond acceptors (Lipinski definition) is 4. The summed E-state index contributed by atoms with van der Waals surface area (Å²) in [5.74, 6) is 0.454. The van der Waals surface area contributed by atoms with Crippen molar-refractivity contribution in [3.8, 4) is 5.69 Å². The minimum absolute atomic E-state index is 0.112. The van der Waals surface area contributed by atoms with Crippen molar-refractivity contribution in [3.63, 3.8) is 0 Å². The number of thioether (sulfide) groups is 1. The maximum Gasteiger partial charge on any atom is 0.196 e. The molecule has 0 radical (unpaired) electrons. The van der Waals surface area contributed by atoms with Crippen LogP contribution in [0, 0.1) is 27.7 Å². The van der Waals surface area contributed by atoms with Gasteiger partial charge in [-0.05, 0) is 51.0 Å². The zero-order chi connectivity index (χ0) is 18.0. The molecule has 0 saturated carbocycles. The van der Waals surface area contributed by atoms with Crippen LogP contribution in [0.1, 0.15) is 32.6 Å². The second kappa shape index (κ2) is 7.23. The summed E-state index contributed by atoms with van der Waals surface area (Å²) in [6.07, 6.45) is 1.70. The van der Waals surface area contributed by atoms with E-state index in [0.717, 1.165) is 33.1 Å². The van der Waals surface area contributed by atoms with Crippen molar-refractivity contribution in [1.82, 2.24) is 14.8 Å². The number of Topliss-reactive ketones (excluding diaryl/α,β-unsaturated/α-hetero) is 1.